The number of phenols is 1. The maximum Gasteiger partial charge on any atom is 0.260 e. The first-order chi connectivity index (χ1) is 24.6. The Balaban J connectivity index is 1.33. The summed E-state index contributed by atoms with van der Waals surface area (Å²) in [5.74, 6) is -5.86. The van der Waals surface area contributed by atoms with Gasteiger partial charge in [-0.15, -0.1) is 0 Å². The Morgan fingerprint density at radius 2 is 1.61 bits per heavy atom. The van der Waals surface area contributed by atoms with Gasteiger partial charge in [-0.3, -0.25) is 29.5 Å². The molecule has 2 saturated carbocycles. The van der Waals surface area contributed by atoms with Crippen LogP contribution in [0.25, 0.3) is 0 Å². The number of hydrazine groups is 1. The largest absolute Gasteiger partial charge is 0.503 e. The van der Waals surface area contributed by atoms with Crippen LogP contribution in [0.15, 0.2) is 72.3 Å². The van der Waals surface area contributed by atoms with Gasteiger partial charge in [-0.05, 0) is 91.3 Å². The number of methoxy groups -OCH3 is 1. The van der Waals surface area contributed by atoms with Crippen LogP contribution in [-0.2, 0) is 24.6 Å². The topological polar surface area (TPSA) is 116 Å². The molecule has 0 radical (unpaired) electrons. The zero-order valence-corrected chi connectivity index (χ0v) is 29.3. The molecule has 2 saturated heterocycles. The number of aromatic hydroxyl groups is 1. The summed E-state index contributed by atoms with van der Waals surface area (Å²) >= 11 is 13.0. The van der Waals surface area contributed by atoms with Gasteiger partial charge in [0.25, 0.3) is 11.8 Å². The molecule has 0 bridgehead atoms. The van der Waals surface area contributed by atoms with E-state index in [1.807, 2.05) is 6.08 Å². The van der Waals surface area contributed by atoms with Crippen LogP contribution in [0.5, 0.6) is 11.5 Å². The van der Waals surface area contributed by atoms with Crippen molar-refractivity contribution in [3.8, 4) is 11.5 Å². The van der Waals surface area contributed by atoms with Gasteiger partial charge >= 0.3 is 0 Å². The van der Waals surface area contributed by atoms with Crippen LogP contribution in [0, 0.1) is 29.5 Å². The second-order valence-electron chi connectivity index (χ2n) is 14.3. The minimum atomic E-state index is -1.58. The molecule has 51 heavy (non-hydrogen) atoms. The number of anilines is 1. The van der Waals surface area contributed by atoms with Crippen LogP contribution in [0.3, 0.4) is 0 Å². The summed E-state index contributed by atoms with van der Waals surface area (Å²) in [5, 5.41) is 12.2. The lowest BCUT2D eigenvalue weighted by atomic mass is 9.49. The quantitative estimate of drug-likeness (QED) is 0.204. The van der Waals surface area contributed by atoms with Gasteiger partial charge < -0.3 is 9.84 Å². The second kappa shape index (κ2) is 12.7. The van der Waals surface area contributed by atoms with E-state index in [0.29, 0.717) is 28.3 Å². The molecule has 6 atom stereocenters. The predicted molar refractivity (Wildman–Crippen MR) is 187 cm³/mol. The predicted octanol–water partition coefficient (Wildman–Crippen LogP) is 7.16. The number of hydrogen-bond acceptors (Lipinski definition) is 7. The highest BCUT2D eigenvalue weighted by Crippen LogP contribution is 2.65. The number of nitrogens with zero attached hydrogens (tertiary/aromatic N) is 2. The number of ether oxygens (including phenoxy) is 1. The smallest absolute Gasteiger partial charge is 0.260 e. The Morgan fingerprint density at radius 1 is 0.902 bits per heavy atom. The number of likely N-dealkylation sites (tertiary alicyclic amines) is 1. The number of hydrogen-bond donors (Lipinski definition) is 2. The Morgan fingerprint density at radius 3 is 2.29 bits per heavy atom. The van der Waals surface area contributed by atoms with E-state index < -0.39 is 52.6 Å². The number of carbonyl (C=O) groups excluding carboxylic acids is 4. The summed E-state index contributed by atoms with van der Waals surface area (Å²) in [7, 11) is 1.39. The van der Waals surface area contributed by atoms with E-state index in [1.165, 1.54) is 36.3 Å². The van der Waals surface area contributed by atoms with Crippen molar-refractivity contribution in [3.05, 3.63) is 99.3 Å². The van der Waals surface area contributed by atoms with Crippen LogP contribution in [-0.4, -0.2) is 51.8 Å². The van der Waals surface area contributed by atoms with Crippen molar-refractivity contribution in [3.63, 3.8) is 0 Å². The number of imide groups is 2. The molecule has 264 valence electrons. The van der Waals surface area contributed by atoms with Gasteiger partial charge in [-0.1, -0.05) is 66.2 Å². The SMILES string of the molecule is COc1cc(C2C3=CCC4C(=O)N(C5CCCCC5)C(=O)C4C3CC3C(=O)N(Nc4ccc(F)cc4)C(=O)C32c2ccc(Cl)cc2)cc(Cl)c1O. The summed E-state index contributed by atoms with van der Waals surface area (Å²) in [6, 6.07) is 15.1. The summed E-state index contributed by atoms with van der Waals surface area (Å²) in [4.78, 5) is 60.1. The monoisotopic (exact) mass is 731 g/mol. The number of phenolic OH excluding ortho intramolecular Hbond substituents is 1. The highest BCUT2D eigenvalue weighted by Gasteiger charge is 2.70. The van der Waals surface area contributed by atoms with Gasteiger partial charge in [0.05, 0.1) is 41.0 Å². The zero-order valence-electron chi connectivity index (χ0n) is 27.8. The van der Waals surface area contributed by atoms with Crippen molar-refractivity contribution in [2.24, 2.45) is 23.7 Å². The lowest BCUT2D eigenvalue weighted by Gasteiger charge is -2.50. The molecule has 9 nitrogen and oxygen atoms in total. The molecule has 2 heterocycles. The molecular weight excluding hydrogens is 696 g/mol. The molecule has 3 aliphatic carbocycles. The number of carbonyl (C=O) groups is 4. The van der Waals surface area contributed by atoms with Crippen LogP contribution in [0.1, 0.15) is 62.0 Å². The average Bonchev–Trinajstić information content (AvgIpc) is 3.51. The molecule has 2 aliphatic heterocycles. The highest BCUT2D eigenvalue weighted by molar-refractivity contribution is 6.32. The minimum Gasteiger partial charge on any atom is -0.503 e. The number of allylic oxidation sites excluding steroid dienone is 2. The van der Waals surface area contributed by atoms with Gasteiger partial charge in [-0.25, -0.2) is 4.39 Å². The molecule has 5 aliphatic rings. The van der Waals surface area contributed by atoms with Crippen molar-refractivity contribution in [1.82, 2.24) is 9.91 Å². The van der Waals surface area contributed by atoms with Gasteiger partial charge in [0, 0.05) is 17.0 Å². The Hall–Kier alpha value is -4.41. The maximum absolute atomic E-state index is 15.3. The first-order valence-corrected chi connectivity index (χ1v) is 18.1. The van der Waals surface area contributed by atoms with E-state index >= 15 is 4.79 Å². The van der Waals surface area contributed by atoms with E-state index in [-0.39, 0.29) is 40.8 Å². The van der Waals surface area contributed by atoms with Crippen molar-refractivity contribution in [2.75, 3.05) is 12.5 Å². The van der Waals surface area contributed by atoms with Crippen molar-refractivity contribution in [1.29, 1.82) is 0 Å². The van der Waals surface area contributed by atoms with Gasteiger partial charge in [0.2, 0.25) is 11.8 Å². The number of halogens is 3. The summed E-state index contributed by atoms with van der Waals surface area (Å²) in [5.41, 5.74) is 3.45. The fourth-order valence-electron chi connectivity index (χ4n) is 9.67. The number of fused-ring (bicyclic) bond motifs is 4. The molecule has 6 unspecified atom stereocenters. The van der Waals surface area contributed by atoms with Crippen molar-refractivity contribution < 1.29 is 33.4 Å². The molecular formula is C39H36Cl2FN3O6. The zero-order chi connectivity index (χ0) is 35.8. The second-order valence-corrected chi connectivity index (χ2v) is 15.1. The first-order valence-electron chi connectivity index (χ1n) is 17.4. The third-order valence-corrected chi connectivity index (χ3v) is 12.4. The van der Waals surface area contributed by atoms with Crippen molar-refractivity contribution >= 4 is 52.5 Å². The lowest BCUT2D eigenvalue weighted by Crippen LogP contribution is -2.53. The molecule has 3 aromatic rings. The fraction of sp³-hybridized carbons (Fsp3) is 0.385. The van der Waals surface area contributed by atoms with Crippen LogP contribution < -0.4 is 10.2 Å². The number of nitrogens with one attached hydrogen (secondary N) is 1. The third kappa shape index (κ3) is 5.08. The molecule has 0 spiro atoms. The molecule has 12 heteroatoms. The van der Waals surface area contributed by atoms with Crippen LogP contribution >= 0.6 is 23.2 Å². The molecule has 2 N–H and O–H groups in total. The third-order valence-electron chi connectivity index (χ3n) is 11.8. The maximum atomic E-state index is 15.3. The van der Waals surface area contributed by atoms with Crippen LogP contribution in [0.4, 0.5) is 10.1 Å². The Kier molecular flexibility index (Phi) is 8.38. The number of benzene rings is 3. The lowest BCUT2D eigenvalue weighted by molar-refractivity contribution is -0.144. The van der Waals surface area contributed by atoms with Crippen molar-refractivity contribution in [2.45, 2.75) is 62.3 Å². The minimum absolute atomic E-state index is 0.0165. The summed E-state index contributed by atoms with van der Waals surface area (Å²) < 4.78 is 19.4. The molecule has 0 aromatic heterocycles. The molecule has 8 rings (SSSR count). The van der Waals surface area contributed by atoms with E-state index in [2.05, 4.69) is 5.43 Å². The molecule has 4 fully saturated rings. The highest BCUT2D eigenvalue weighted by atomic mass is 35.5. The van der Waals surface area contributed by atoms with E-state index in [4.69, 9.17) is 27.9 Å². The number of amides is 4. The fourth-order valence-corrected chi connectivity index (χ4v) is 10.0. The molecule has 4 amide bonds. The van der Waals surface area contributed by atoms with Gasteiger partial charge in [0.15, 0.2) is 11.5 Å². The Bertz CT molecular complexity index is 1980. The van der Waals surface area contributed by atoms with Crippen LogP contribution in [0.2, 0.25) is 10.0 Å². The summed E-state index contributed by atoms with van der Waals surface area (Å²) in [6.45, 7) is 0. The van der Waals surface area contributed by atoms with E-state index in [0.717, 1.165) is 42.7 Å². The van der Waals surface area contributed by atoms with E-state index in [1.54, 1.807) is 36.4 Å². The number of rotatable bonds is 6. The van der Waals surface area contributed by atoms with Gasteiger partial charge in [0.1, 0.15) is 5.82 Å². The standard InChI is InChI=1S/C39H36Cl2FN3O6/c1-51-31-18-20(17-30(41)34(31)46)33-26-15-16-27-32(37(49)44(35(27)47)25-5-3-2-4-6-25)28(26)19-29-36(48)45(43-24-13-11-23(42)12-14-24)38(50)39(29,33)21-7-9-22(40)10-8-21/h7-15,17-18,25,27-29,32-33,43,46H,2-6,16,19H2,1H3. The molecule has 3 aromatic carbocycles. The van der Waals surface area contributed by atoms with E-state index in [9.17, 15) is 23.9 Å². The normalized spacial score (nSPS) is 29.1. The Labute approximate surface area is 304 Å². The average molecular weight is 733 g/mol. The van der Waals surface area contributed by atoms with Gasteiger partial charge in [-0.2, -0.15) is 5.01 Å². The summed E-state index contributed by atoms with van der Waals surface area (Å²) in [6.07, 6.45) is 6.92. The first kappa shape index (κ1) is 33.7.